The Morgan fingerprint density at radius 3 is 2.70 bits per heavy atom. The quantitative estimate of drug-likeness (QED) is 0.823. The van der Waals surface area contributed by atoms with Gasteiger partial charge in [0.1, 0.15) is 5.01 Å². The van der Waals surface area contributed by atoms with E-state index in [2.05, 4.69) is 10.3 Å². The highest BCUT2D eigenvalue weighted by molar-refractivity contribution is 7.09. The SMILES string of the molecule is CC(C)Oc1cc(NC(C)c2nccs2)c(N)cc1F. The third-order valence-corrected chi connectivity index (χ3v) is 3.62. The first kappa shape index (κ1) is 14.6. The molecular formula is C14H18FN3OS. The third kappa shape index (κ3) is 3.39. The molecule has 108 valence electrons. The lowest BCUT2D eigenvalue weighted by Gasteiger charge is -2.17. The second-order valence-electron chi connectivity index (χ2n) is 4.77. The minimum absolute atomic E-state index is 0.00494. The molecule has 1 aromatic heterocycles. The van der Waals surface area contributed by atoms with Gasteiger partial charge in [-0.25, -0.2) is 9.37 Å². The van der Waals surface area contributed by atoms with Crippen LogP contribution in [-0.2, 0) is 0 Å². The van der Waals surface area contributed by atoms with Gasteiger partial charge in [-0.2, -0.15) is 0 Å². The van der Waals surface area contributed by atoms with E-state index in [9.17, 15) is 4.39 Å². The standard InChI is InChI=1S/C14H18FN3OS/c1-8(2)19-13-7-12(11(16)6-10(13)15)18-9(3)14-17-4-5-20-14/h4-9,18H,16H2,1-3H3. The molecule has 6 heteroatoms. The third-order valence-electron chi connectivity index (χ3n) is 2.66. The summed E-state index contributed by atoms with van der Waals surface area (Å²) in [6.45, 7) is 5.67. The molecule has 1 heterocycles. The number of hydrogen-bond acceptors (Lipinski definition) is 5. The van der Waals surface area contributed by atoms with E-state index in [1.165, 1.54) is 6.07 Å². The molecule has 0 radical (unpaired) electrons. The number of thiazole rings is 1. The molecule has 3 N–H and O–H groups in total. The van der Waals surface area contributed by atoms with Crippen LogP contribution in [0.5, 0.6) is 5.75 Å². The zero-order chi connectivity index (χ0) is 14.7. The molecule has 0 bridgehead atoms. The monoisotopic (exact) mass is 295 g/mol. The van der Waals surface area contributed by atoms with Crippen molar-refractivity contribution in [1.82, 2.24) is 4.98 Å². The van der Waals surface area contributed by atoms with Crippen molar-refractivity contribution in [2.24, 2.45) is 0 Å². The Hall–Kier alpha value is -1.82. The first-order valence-electron chi connectivity index (χ1n) is 6.39. The Bertz CT molecular complexity index is 572. The van der Waals surface area contributed by atoms with Gasteiger partial charge in [0, 0.05) is 23.7 Å². The van der Waals surface area contributed by atoms with Crippen LogP contribution in [0.3, 0.4) is 0 Å². The van der Waals surface area contributed by atoms with Crippen LogP contribution >= 0.6 is 11.3 Å². The van der Waals surface area contributed by atoms with Crippen LogP contribution < -0.4 is 15.8 Å². The Labute approximate surface area is 121 Å². The van der Waals surface area contributed by atoms with Crippen LogP contribution in [0.25, 0.3) is 0 Å². The molecule has 1 aromatic carbocycles. The number of nitrogens with one attached hydrogen (secondary N) is 1. The summed E-state index contributed by atoms with van der Waals surface area (Å²) in [5.74, 6) is -0.258. The van der Waals surface area contributed by atoms with E-state index < -0.39 is 5.82 Å². The average Bonchev–Trinajstić information content (AvgIpc) is 2.88. The van der Waals surface area contributed by atoms with Crippen molar-refractivity contribution in [3.8, 4) is 5.75 Å². The Morgan fingerprint density at radius 1 is 1.35 bits per heavy atom. The maximum absolute atomic E-state index is 13.8. The van der Waals surface area contributed by atoms with Gasteiger partial charge in [0.15, 0.2) is 11.6 Å². The molecule has 2 rings (SSSR count). The second kappa shape index (κ2) is 6.09. The van der Waals surface area contributed by atoms with Crippen molar-refractivity contribution in [1.29, 1.82) is 0 Å². The molecule has 4 nitrogen and oxygen atoms in total. The molecule has 0 aliphatic carbocycles. The maximum Gasteiger partial charge on any atom is 0.167 e. The molecule has 0 saturated carbocycles. The Morgan fingerprint density at radius 2 is 2.10 bits per heavy atom. The Kier molecular flexibility index (Phi) is 4.44. The normalized spacial score (nSPS) is 12.4. The van der Waals surface area contributed by atoms with Gasteiger partial charge in [-0.3, -0.25) is 0 Å². The molecule has 0 fully saturated rings. The van der Waals surface area contributed by atoms with Crippen molar-refractivity contribution in [3.05, 3.63) is 34.5 Å². The van der Waals surface area contributed by atoms with Gasteiger partial charge in [0.05, 0.1) is 23.5 Å². The van der Waals surface area contributed by atoms with Gasteiger partial charge in [-0.05, 0) is 20.8 Å². The summed E-state index contributed by atoms with van der Waals surface area (Å²) < 4.78 is 19.2. The number of nitrogens with zero attached hydrogens (tertiary/aromatic N) is 1. The summed E-state index contributed by atoms with van der Waals surface area (Å²) in [4.78, 5) is 4.24. The van der Waals surface area contributed by atoms with Gasteiger partial charge in [-0.15, -0.1) is 11.3 Å². The van der Waals surface area contributed by atoms with Crippen LogP contribution in [-0.4, -0.2) is 11.1 Å². The van der Waals surface area contributed by atoms with E-state index in [1.807, 2.05) is 26.2 Å². The Balaban J connectivity index is 2.22. The largest absolute Gasteiger partial charge is 0.488 e. The van der Waals surface area contributed by atoms with Gasteiger partial charge in [-0.1, -0.05) is 0 Å². The van der Waals surface area contributed by atoms with Crippen molar-refractivity contribution < 1.29 is 9.13 Å². The molecule has 1 unspecified atom stereocenters. The van der Waals surface area contributed by atoms with Gasteiger partial charge < -0.3 is 15.8 Å². The number of ether oxygens (including phenoxy) is 1. The van der Waals surface area contributed by atoms with E-state index in [0.29, 0.717) is 11.4 Å². The lowest BCUT2D eigenvalue weighted by molar-refractivity contribution is 0.231. The predicted octanol–water partition coefficient (Wildman–Crippen LogP) is 3.82. The lowest BCUT2D eigenvalue weighted by Crippen LogP contribution is -2.11. The molecule has 0 amide bonds. The maximum atomic E-state index is 13.8. The number of aromatic nitrogens is 1. The van der Waals surface area contributed by atoms with E-state index in [4.69, 9.17) is 10.5 Å². The number of hydrogen-bond donors (Lipinski definition) is 2. The van der Waals surface area contributed by atoms with Crippen LogP contribution in [0.15, 0.2) is 23.7 Å². The fraction of sp³-hybridized carbons (Fsp3) is 0.357. The highest BCUT2D eigenvalue weighted by Gasteiger charge is 2.14. The van der Waals surface area contributed by atoms with E-state index in [1.54, 1.807) is 23.6 Å². The number of halogens is 1. The number of rotatable bonds is 5. The van der Waals surface area contributed by atoms with Crippen LogP contribution in [0.4, 0.5) is 15.8 Å². The summed E-state index contributed by atoms with van der Waals surface area (Å²) in [5, 5.41) is 6.09. The average molecular weight is 295 g/mol. The molecule has 0 aliphatic heterocycles. The number of nitrogen functional groups attached to an aromatic ring is 1. The summed E-state index contributed by atoms with van der Waals surface area (Å²) >= 11 is 1.55. The predicted molar refractivity (Wildman–Crippen MR) is 80.7 cm³/mol. The zero-order valence-electron chi connectivity index (χ0n) is 11.7. The summed E-state index contributed by atoms with van der Waals surface area (Å²) in [5.41, 5.74) is 6.84. The summed E-state index contributed by atoms with van der Waals surface area (Å²) in [6, 6.07) is 2.86. The highest BCUT2D eigenvalue weighted by atomic mass is 32.1. The number of nitrogens with two attached hydrogens (primary N) is 1. The second-order valence-corrected chi connectivity index (χ2v) is 5.70. The molecule has 0 spiro atoms. The zero-order valence-corrected chi connectivity index (χ0v) is 12.5. The van der Waals surface area contributed by atoms with E-state index in [0.717, 1.165) is 5.01 Å². The highest BCUT2D eigenvalue weighted by Crippen LogP contribution is 2.31. The number of anilines is 2. The van der Waals surface area contributed by atoms with E-state index >= 15 is 0 Å². The smallest absolute Gasteiger partial charge is 0.167 e. The molecule has 20 heavy (non-hydrogen) atoms. The first-order chi connectivity index (χ1) is 9.47. The lowest BCUT2D eigenvalue weighted by atomic mass is 10.2. The summed E-state index contributed by atoms with van der Waals surface area (Å²) in [7, 11) is 0. The molecule has 1 atom stereocenters. The van der Waals surface area contributed by atoms with Crippen LogP contribution in [0.1, 0.15) is 31.8 Å². The summed E-state index contributed by atoms with van der Waals surface area (Å²) in [6.07, 6.45) is 1.65. The molecule has 0 aliphatic rings. The topological polar surface area (TPSA) is 60.2 Å². The van der Waals surface area contributed by atoms with Crippen molar-refractivity contribution >= 4 is 22.7 Å². The van der Waals surface area contributed by atoms with Gasteiger partial charge in [0.25, 0.3) is 0 Å². The minimum Gasteiger partial charge on any atom is -0.488 e. The minimum atomic E-state index is -0.455. The van der Waals surface area contributed by atoms with Crippen LogP contribution in [0.2, 0.25) is 0 Å². The fourth-order valence-corrected chi connectivity index (χ4v) is 2.43. The van der Waals surface area contributed by atoms with Crippen molar-refractivity contribution in [2.45, 2.75) is 32.9 Å². The number of benzene rings is 1. The van der Waals surface area contributed by atoms with Crippen molar-refractivity contribution in [2.75, 3.05) is 11.1 Å². The van der Waals surface area contributed by atoms with Gasteiger partial charge in [0.2, 0.25) is 0 Å². The van der Waals surface area contributed by atoms with Crippen LogP contribution in [0, 0.1) is 5.82 Å². The molecule has 2 aromatic rings. The van der Waals surface area contributed by atoms with E-state index in [-0.39, 0.29) is 17.9 Å². The fourth-order valence-electron chi connectivity index (χ4n) is 1.78. The van der Waals surface area contributed by atoms with Crippen molar-refractivity contribution in [3.63, 3.8) is 0 Å². The van der Waals surface area contributed by atoms with Gasteiger partial charge >= 0.3 is 0 Å². The molecular weight excluding hydrogens is 277 g/mol. The molecule has 0 saturated heterocycles. The first-order valence-corrected chi connectivity index (χ1v) is 7.27.